The van der Waals surface area contributed by atoms with Crippen molar-refractivity contribution in [3.63, 3.8) is 0 Å². The van der Waals surface area contributed by atoms with Crippen molar-refractivity contribution in [1.29, 1.82) is 0 Å². The fourth-order valence-electron chi connectivity index (χ4n) is 6.95. The molecule has 0 aliphatic heterocycles. The number of carbonyl (C=O) groups excluding carboxylic acids is 3. The molecule has 0 saturated heterocycles. The van der Waals surface area contributed by atoms with Crippen molar-refractivity contribution in [2.75, 3.05) is 6.61 Å². The second-order valence-electron chi connectivity index (χ2n) is 9.82. The van der Waals surface area contributed by atoms with Gasteiger partial charge in [0.05, 0.1) is 5.60 Å². The number of esters is 1. The molecular formula is C23H30O6. The maximum Gasteiger partial charge on any atom is 0.302 e. The Bertz CT molecular complexity index is 827. The van der Waals surface area contributed by atoms with Gasteiger partial charge in [0, 0.05) is 30.1 Å². The fraction of sp³-hybridized carbons (Fsp3) is 0.696. The van der Waals surface area contributed by atoms with E-state index in [-0.39, 0.29) is 42.3 Å². The zero-order valence-corrected chi connectivity index (χ0v) is 17.3. The van der Waals surface area contributed by atoms with E-state index in [2.05, 4.69) is 6.92 Å². The van der Waals surface area contributed by atoms with Gasteiger partial charge in [0.1, 0.15) is 18.5 Å². The van der Waals surface area contributed by atoms with Crippen molar-refractivity contribution in [1.82, 2.24) is 0 Å². The zero-order chi connectivity index (χ0) is 21.2. The smallest absolute Gasteiger partial charge is 0.302 e. The lowest BCUT2D eigenvalue weighted by Crippen LogP contribution is -2.61. The molecule has 158 valence electrons. The summed E-state index contributed by atoms with van der Waals surface area (Å²) in [6.07, 6.45) is 6.77. The number of rotatable bonds is 3. The molecule has 0 unspecified atom stereocenters. The van der Waals surface area contributed by atoms with Crippen LogP contribution in [0.4, 0.5) is 0 Å². The van der Waals surface area contributed by atoms with Crippen molar-refractivity contribution in [2.24, 2.45) is 28.6 Å². The van der Waals surface area contributed by atoms with Gasteiger partial charge >= 0.3 is 5.97 Å². The van der Waals surface area contributed by atoms with Crippen LogP contribution in [0.1, 0.15) is 52.9 Å². The average Bonchev–Trinajstić information content (AvgIpc) is 2.91. The number of fused-ring (bicyclic) bond motifs is 5. The summed E-state index contributed by atoms with van der Waals surface area (Å²) in [6, 6.07) is 0. The summed E-state index contributed by atoms with van der Waals surface area (Å²) in [6.45, 7) is 4.95. The van der Waals surface area contributed by atoms with Crippen molar-refractivity contribution < 1.29 is 29.3 Å². The van der Waals surface area contributed by atoms with Gasteiger partial charge in [0.2, 0.25) is 0 Å². The minimum atomic E-state index is -1.47. The molecule has 0 amide bonds. The number of allylic oxidation sites excluding steroid dienone is 4. The Balaban J connectivity index is 1.66. The highest BCUT2D eigenvalue weighted by Gasteiger charge is 2.68. The second-order valence-corrected chi connectivity index (χ2v) is 9.82. The quantitative estimate of drug-likeness (QED) is 0.702. The Morgan fingerprint density at radius 3 is 2.72 bits per heavy atom. The predicted octanol–water partition coefficient (Wildman–Crippen LogP) is 2.13. The van der Waals surface area contributed by atoms with Crippen LogP contribution in [-0.2, 0) is 19.1 Å². The lowest BCUT2D eigenvalue weighted by Gasteiger charge is -2.57. The molecule has 4 aliphatic carbocycles. The van der Waals surface area contributed by atoms with Crippen LogP contribution in [0, 0.1) is 28.6 Å². The highest BCUT2D eigenvalue weighted by molar-refractivity contribution is 6.01. The van der Waals surface area contributed by atoms with Crippen LogP contribution in [0.25, 0.3) is 0 Å². The molecular weight excluding hydrogens is 372 g/mol. The maximum atomic E-state index is 13.5. The van der Waals surface area contributed by atoms with E-state index in [0.29, 0.717) is 6.42 Å². The minimum absolute atomic E-state index is 0.0205. The van der Waals surface area contributed by atoms with Crippen LogP contribution in [0.3, 0.4) is 0 Å². The van der Waals surface area contributed by atoms with Crippen LogP contribution >= 0.6 is 0 Å². The van der Waals surface area contributed by atoms with Crippen molar-refractivity contribution in [3.8, 4) is 0 Å². The molecule has 0 spiro atoms. The van der Waals surface area contributed by atoms with E-state index in [9.17, 15) is 24.6 Å². The summed E-state index contributed by atoms with van der Waals surface area (Å²) in [7, 11) is 0. The Kier molecular flexibility index (Phi) is 4.67. The van der Waals surface area contributed by atoms with Gasteiger partial charge in [0.15, 0.2) is 5.78 Å². The lowest BCUT2D eigenvalue weighted by molar-refractivity contribution is -0.191. The molecule has 3 fully saturated rings. The molecule has 6 heteroatoms. The summed E-state index contributed by atoms with van der Waals surface area (Å²) in [5.74, 6) is -0.473. The molecule has 0 aromatic rings. The highest BCUT2D eigenvalue weighted by atomic mass is 16.5. The molecule has 0 radical (unpaired) electrons. The third-order valence-corrected chi connectivity index (χ3v) is 8.47. The van der Waals surface area contributed by atoms with Gasteiger partial charge in [-0.15, -0.1) is 0 Å². The first-order chi connectivity index (χ1) is 13.5. The standard InChI is InChI=1S/C23H30O6/c1-13(24)29-12-19(27)23(28)9-7-17-16-5-4-14-10-15(25)6-8-21(14,2)20(16)18(26)11-22(17,23)3/h6,8,10,16-17,19-20,27-28H,4-5,7,9,11-12H2,1-3H3/t16-,17-,19+,20+,21+,22-,23-/m1/s1. The number of Topliss-reactive ketones (excluding diaryl/α,β-unsaturated/α-hetero) is 1. The van der Waals surface area contributed by atoms with Crippen LogP contribution in [0.15, 0.2) is 23.8 Å². The molecule has 0 aromatic carbocycles. The molecule has 3 saturated carbocycles. The molecule has 0 bridgehead atoms. The van der Waals surface area contributed by atoms with Crippen LogP contribution in [0.2, 0.25) is 0 Å². The number of carbonyl (C=O) groups is 3. The summed E-state index contributed by atoms with van der Waals surface area (Å²) >= 11 is 0. The first-order valence-electron chi connectivity index (χ1n) is 10.5. The highest BCUT2D eigenvalue weighted by Crippen LogP contribution is 2.66. The normalized spacial score (nSPS) is 44.4. The topological polar surface area (TPSA) is 101 Å². The lowest BCUT2D eigenvalue weighted by atomic mass is 9.46. The molecule has 7 atom stereocenters. The molecule has 29 heavy (non-hydrogen) atoms. The van der Waals surface area contributed by atoms with E-state index in [4.69, 9.17) is 4.74 Å². The van der Waals surface area contributed by atoms with Gasteiger partial charge < -0.3 is 14.9 Å². The van der Waals surface area contributed by atoms with Gasteiger partial charge in [-0.2, -0.15) is 0 Å². The second kappa shape index (κ2) is 6.61. The Hall–Kier alpha value is -1.79. The Labute approximate surface area is 171 Å². The van der Waals surface area contributed by atoms with Gasteiger partial charge in [0.25, 0.3) is 0 Å². The van der Waals surface area contributed by atoms with E-state index in [1.54, 1.807) is 12.2 Å². The third-order valence-electron chi connectivity index (χ3n) is 8.47. The van der Waals surface area contributed by atoms with E-state index in [1.165, 1.54) is 6.92 Å². The minimum Gasteiger partial charge on any atom is -0.463 e. The summed E-state index contributed by atoms with van der Waals surface area (Å²) < 4.78 is 4.95. The molecule has 4 aliphatic rings. The average molecular weight is 402 g/mol. The number of hydrogen-bond acceptors (Lipinski definition) is 6. The monoisotopic (exact) mass is 402 g/mol. The van der Waals surface area contributed by atoms with Gasteiger partial charge in [-0.3, -0.25) is 14.4 Å². The number of aliphatic hydroxyl groups excluding tert-OH is 1. The Morgan fingerprint density at radius 2 is 2.03 bits per heavy atom. The van der Waals surface area contributed by atoms with Crippen molar-refractivity contribution in [3.05, 3.63) is 23.8 Å². The molecule has 6 nitrogen and oxygen atoms in total. The molecule has 4 rings (SSSR count). The zero-order valence-electron chi connectivity index (χ0n) is 17.3. The predicted molar refractivity (Wildman–Crippen MR) is 105 cm³/mol. The molecule has 0 heterocycles. The Morgan fingerprint density at radius 1 is 1.31 bits per heavy atom. The van der Waals surface area contributed by atoms with Gasteiger partial charge in [-0.1, -0.05) is 25.5 Å². The van der Waals surface area contributed by atoms with Crippen molar-refractivity contribution >= 4 is 17.5 Å². The molecule has 0 aromatic heterocycles. The molecule has 2 N–H and O–H groups in total. The summed E-state index contributed by atoms with van der Waals surface area (Å²) in [5.41, 5.74) is -1.65. The number of aliphatic hydroxyl groups is 2. The third kappa shape index (κ3) is 2.79. The first-order valence-corrected chi connectivity index (χ1v) is 10.5. The van der Waals surface area contributed by atoms with Gasteiger partial charge in [-0.05, 0) is 49.7 Å². The number of ether oxygens (including phenoxy) is 1. The van der Waals surface area contributed by atoms with E-state index >= 15 is 0 Å². The SMILES string of the molecule is CC(=O)OC[C@H](O)[C@]1(O)CC[C@@H]2[C@H]3CCC4=CC(=O)C=C[C@]4(C)[C@@H]3C(=O)C[C@]21C. The largest absolute Gasteiger partial charge is 0.463 e. The van der Waals surface area contributed by atoms with E-state index in [1.807, 2.05) is 13.0 Å². The summed E-state index contributed by atoms with van der Waals surface area (Å²) in [4.78, 5) is 36.5. The fourth-order valence-corrected chi connectivity index (χ4v) is 6.95. The van der Waals surface area contributed by atoms with Crippen LogP contribution in [0.5, 0.6) is 0 Å². The maximum absolute atomic E-state index is 13.5. The summed E-state index contributed by atoms with van der Waals surface area (Å²) in [5, 5.41) is 22.2. The van der Waals surface area contributed by atoms with Crippen LogP contribution < -0.4 is 0 Å². The van der Waals surface area contributed by atoms with E-state index in [0.717, 1.165) is 24.8 Å². The van der Waals surface area contributed by atoms with E-state index < -0.39 is 28.5 Å². The van der Waals surface area contributed by atoms with Crippen molar-refractivity contribution in [2.45, 2.75) is 64.6 Å². The number of hydrogen-bond donors (Lipinski definition) is 2. The van der Waals surface area contributed by atoms with Gasteiger partial charge in [-0.25, -0.2) is 0 Å². The number of ketones is 2. The first kappa shape index (κ1) is 20.5. The van der Waals surface area contributed by atoms with Crippen LogP contribution in [-0.4, -0.2) is 46.1 Å².